The van der Waals surface area contributed by atoms with Crippen LogP contribution >= 0.6 is 35.5 Å². The largest absolute Gasteiger partial charge is 0.330 e. The molecule has 2 heterocycles. The van der Waals surface area contributed by atoms with Gasteiger partial charge in [0.05, 0.1) is 33.5 Å². The Balaban J connectivity index is 2.21. The van der Waals surface area contributed by atoms with E-state index in [0.29, 0.717) is 9.79 Å². The molecule has 0 aliphatic heterocycles. The minimum absolute atomic E-state index is 0.595. The van der Waals surface area contributed by atoms with Crippen molar-refractivity contribution in [1.29, 1.82) is 0 Å². The van der Waals surface area contributed by atoms with E-state index in [1.165, 1.54) is 11.7 Å². The molecule has 21 heavy (non-hydrogen) atoms. The third-order valence-corrected chi connectivity index (χ3v) is 4.55. The van der Waals surface area contributed by atoms with Crippen LogP contribution in [0, 0.1) is 11.7 Å². The van der Waals surface area contributed by atoms with Gasteiger partial charge in [-0.1, -0.05) is 17.7 Å². The van der Waals surface area contributed by atoms with E-state index >= 15 is 0 Å². The highest BCUT2D eigenvalue weighted by Gasteiger charge is 2.15. The molecule has 0 bridgehead atoms. The summed E-state index contributed by atoms with van der Waals surface area (Å²) in [6.45, 7) is 2.05. The number of rotatable bonds is 1. The van der Waals surface area contributed by atoms with Crippen molar-refractivity contribution in [3.63, 3.8) is 0 Å². The number of benzene rings is 2. The van der Waals surface area contributed by atoms with Crippen molar-refractivity contribution in [2.75, 3.05) is 0 Å². The average molecular weight is 333 g/mol. The number of hydrogen-bond acceptors (Lipinski definition) is 4. The van der Waals surface area contributed by atoms with Crippen LogP contribution in [-0.2, 0) is 0 Å². The monoisotopic (exact) mass is 332 g/mol. The Bertz CT molecular complexity index is 1040. The summed E-state index contributed by atoms with van der Waals surface area (Å²) < 4.78 is 11.2. The lowest BCUT2D eigenvalue weighted by molar-refractivity contribution is 1.07. The molecule has 2 aromatic heterocycles. The van der Waals surface area contributed by atoms with Gasteiger partial charge in [-0.05, 0) is 49.0 Å². The number of hydrogen-bond donors (Lipinski definition) is 1. The molecule has 0 spiro atoms. The highest BCUT2D eigenvalue weighted by molar-refractivity contribution is 7.71. The van der Waals surface area contributed by atoms with Gasteiger partial charge < -0.3 is 4.98 Å². The van der Waals surface area contributed by atoms with Gasteiger partial charge in [0.1, 0.15) is 11.0 Å². The number of nitrogens with one attached hydrogen (secondary N) is 1. The summed E-state index contributed by atoms with van der Waals surface area (Å²) in [5.41, 5.74) is 5.49. The van der Waals surface area contributed by atoms with Crippen LogP contribution in [0.4, 0.5) is 0 Å². The Morgan fingerprint density at radius 3 is 2.95 bits per heavy atom. The van der Waals surface area contributed by atoms with Gasteiger partial charge in [-0.15, -0.1) is 0 Å². The number of fused-ring (bicyclic) bond motifs is 2. The lowest BCUT2D eigenvalue weighted by Gasteiger charge is -2.08. The second-order valence-electron chi connectivity index (χ2n) is 4.81. The fraction of sp³-hybridized carbons (Fsp3) is 0.0714. The maximum Gasteiger partial charge on any atom is 0.182 e. The van der Waals surface area contributed by atoms with Crippen LogP contribution in [0.15, 0.2) is 30.3 Å². The number of imidazole rings is 1. The molecule has 2 aromatic carbocycles. The number of aryl methyl sites for hydroxylation is 1. The van der Waals surface area contributed by atoms with Crippen LogP contribution in [0.2, 0.25) is 5.02 Å². The van der Waals surface area contributed by atoms with Crippen LogP contribution in [0.5, 0.6) is 0 Å². The molecule has 0 atom stereocenters. The number of aromatic amines is 1. The van der Waals surface area contributed by atoms with Gasteiger partial charge in [-0.25, -0.2) is 0 Å². The van der Waals surface area contributed by atoms with Gasteiger partial charge in [0.25, 0.3) is 0 Å². The molecular weight excluding hydrogens is 324 g/mol. The Morgan fingerprint density at radius 2 is 2.10 bits per heavy atom. The maximum atomic E-state index is 6.42. The highest BCUT2D eigenvalue weighted by atomic mass is 35.5. The highest BCUT2D eigenvalue weighted by Crippen LogP contribution is 2.31. The molecule has 7 heteroatoms. The zero-order valence-corrected chi connectivity index (χ0v) is 13.3. The number of nitrogens with zero attached hydrogens (tertiary/aromatic N) is 3. The Hall–Kier alpha value is -1.76. The van der Waals surface area contributed by atoms with Gasteiger partial charge in [0.15, 0.2) is 4.77 Å². The van der Waals surface area contributed by atoms with E-state index in [2.05, 4.69) is 19.8 Å². The van der Waals surface area contributed by atoms with Crippen molar-refractivity contribution in [3.8, 4) is 5.69 Å². The van der Waals surface area contributed by atoms with Crippen LogP contribution in [0.3, 0.4) is 0 Å². The Morgan fingerprint density at radius 1 is 1.24 bits per heavy atom. The second kappa shape index (κ2) is 4.62. The number of H-pyrrole nitrogens is 1. The molecule has 104 valence electrons. The molecule has 0 fully saturated rings. The fourth-order valence-electron chi connectivity index (χ4n) is 2.46. The van der Waals surface area contributed by atoms with Crippen molar-refractivity contribution >= 4 is 57.6 Å². The van der Waals surface area contributed by atoms with Crippen molar-refractivity contribution in [2.45, 2.75) is 6.92 Å². The normalized spacial score (nSPS) is 11.5. The molecule has 0 unspecified atom stereocenters. The first kappa shape index (κ1) is 12.9. The Kier molecular flexibility index (Phi) is 2.85. The van der Waals surface area contributed by atoms with E-state index in [1.807, 2.05) is 35.8 Å². The van der Waals surface area contributed by atoms with Crippen molar-refractivity contribution in [3.05, 3.63) is 45.7 Å². The van der Waals surface area contributed by atoms with Crippen molar-refractivity contribution in [1.82, 2.24) is 18.3 Å². The first-order valence-corrected chi connectivity index (χ1v) is 7.79. The molecule has 0 aliphatic carbocycles. The smallest absolute Gasteiger partial charge is 0.182 e. The zero-order chi connectivity index (χ0) is 14.6. The lowest BCUT2D eigenvalue weighted by Crippen LogP contribution is -1.97. The third-order valence-electron chi connectivity index (χ3n) is 3.41. The van der Waals surface area contributed by atoms with Gasteiger partial charge in [0.2, 0.25) is 0 Å². The van der Waals surface area contributed by atoms with E-state index in [-0.39, 0.29) is 0 Å². The molecule has 0 aliphatic rings. The first-order valence-electron chi connectivity index (χ1n) is 6.28. The van der Waals surface area contributed by atoms with E-state index in [1.54, 1.807) is 0 Å². The van der Waals surface area contributed by atoms with E-state index in [0.717, 1.165) is 33.3 Å². The van der Waals surface area contributed by atoms with Gasteiger partial charge in [-0.2, -0.15) is 8.75 Å². The van der Waals surface area contributed by atoms with Crippen LogP contribution in [0.25, 0.3) is 27.8 Å². The van der Waals surface area contributed by atoms with Gasteiger partial charge in [-0.3, -0.25) is 4.57 Å². The lowest BCUT2D eigenvalue weighted by atomic mass is 10.2. The Labute approximate surface area is 134 Å². The number of halogens is 1. The quantitative estimate of drug-likeness (QED) is 0.516. The number of aromatic nitrogens is 4. The van der Waals surface area contributed by atoms with Gasteiger partial charge >= 0.3 is 0 Å². The summed E-state index contributed by atoms with van der Waals surface area (Å²) in [5.74, 6) is 0. The summed E-state index contributed by atoms with van der Waals surface area (Å²) >= 11 is 13.1. The summed E-state index contributed by atoms with van der Waals surface area (Å²) in [4.78, 5) is 3.21. The molecule has 4 aromatic rings. The zero-order valence-electron chi connectivity index (χ0n) is 10.9. The molecule has 4 nitrogen and oxygen atoms in total. The predicted octanol–water partition coefficient (Wildman–Crippen LogP) is 4.65. The van der Waals surface area contributed by atoms with Crippen molar-refractivity contribution < 1.29 is 0 Å². The molecular formula is C14H9ClN4S2. The van der Waals surface area contributed by atoms with E-state index < -0.39 is 0 Å². The molecule has 0 saturated heterocycles. The van der Waals surface area contributed by atoms with E-state index in [4.69, 9.17) is 23.8 Å². The summed E-state index contributed by atoms with van der Waals surface area (Å²) in [5, 5.41) is 0.605. The molecule has 0 amide bonds. The minimum atomic E-state index is 0.595. The standard InChI is InChI=1S/C14H9ClN4S2/c1-7-2-4-9-11(6-7)19(14(20)16-9)13-8(15)3-5-10-12(13)18-21-17-10/h2-6H,1H3,(H,16,20). The average Bonchev–Trinajstić information content (AvgIpc) is 3.03. The second-order valence-corrected chi connectivity index (χ2v) is 6.14. The maximum absolute atomic E-state index is 6.42. The molecule has 4 rings (SSSR count). The molecule has 0 radical (unpaired) electrons. The SMILES string of the molecule is Cc1ccc2[nH]c(=S)n(-c3c(Cl)ccc4nsnc34)c2c1. The van der Waals surface area contributed by atoms with Crippen LogP contribution in [-0.4, -0.2) is 18.3 Å². The topological polar surface area (TPSA) is 46.5 Å². The molecule has 0 saturated carbocycles. The third kappa shape index (κ3) is 1.91. The van der Waals surface area contributed by atoms with Gasteiger partial charge in [0, 0.05) is 0 Å². The summed E-state index contributed by atoms with van der Waals surface area (Å²) in [6, 6.07) is 9.84. The van der Waals surface area contributed by atoms with Crippen molar-refractivity contribution in [2.24, 2.45) is 0 Å². The molecule has 1 N–H and O–H groups in total. The van der Waals surface area contributed by atoms with E-state index in [9.17, 15) is 0 Å². The summed E-state index contributed by atoms with van der Waals surface area (Å²) in [7, 11) is 0. The predicted molar refractivity (Wildman–Crippen MR) is 89.2 cm³/mol. The van der Waals surface area contributed by atoms with Crippen LogP contribution in [0.1, 0.15) is 5.56 Å². The summed E-state index contributed by atoms with van der Waals surface area (Å²) in [6.07, 6.45) is 0. The first-order chi connectivity index (χ1) is 10.1. The minimum Gasteiger partial charge on any atom is -0.330 e. The fourth-order valence-corrected chi connectivity index (χ4v) is 3.54. The van der Waals surface area contributed by atoms with Crippen LogP contribution < -0.4 is 0 Å².